The standard InChI is InChI=1S/C31H31BrN2O5S/c1-3-38-26-16-21(15-25(32)29(26)39-19-23-9-6-8-22-7-4-5-10-24(22)23)17-27-30(36)34(31(37)40-27)18-28(35)33-13-11-20(2)12-14-33/h4-10,15-17,20H,3,11-14,18-19H2,1-2H3/b27-17+. The van der Waals surface area contributed by atoms with Gasteiger partial charge in [-0.25, -0.2) is 0 Å². The van der Waals surface area contributed by atoms with Gasteiger partial charge in [-0.15, -0.1) is 0 Å². The van der Waals surface area contributed by atoms with Crippen LogP contribution in [-0.4, -0.2) is 53.1 Å². The van der Waals surface area contributed by atoms with Gasteiger partial charge in [-0.3, -0.25) is 19.3 Å². The van der Waals surface area contributed by atoms with E-state index in [0.717, 1.165) is 45.8 Å². The molecule has 0 spiro atoms. The number of nitrogens with zero attached hydrogens (tertiary/aromatic N) is 2. The minimum Gasteiger partial charge on any atom is -0.490 e. The van der Waals surface area contributed by atoms with Gasteiger partial charge in [0.1, 0.15) is 13.2 Å². The first-order chi connectivity index (χ1) is 19.3. The smallest absolute Gasteiger partial charge is 0.294 e. The van der Waals surface area contributed by atoms with Crippen molar-refractivity contribution in [3.8, 4) is 11.5 Å². The Morgan fingerprint density at radius 3 is 2.60 bits per heavy atom. The molecule has 208 valence electrons. The number of likely N-dealkylation sites (tertiary alicyclic amines) is 1. The van der Waals surface area contributed by atoms with Crippen molar-refractivity contribution in [2.24, 2.45) is 5.92 Å². The van der Waals surface area contributed by atoms with Gasteiger partial charge in [0, 0.05) is 13.1 Å². The number of piperidine rings is 1. The van der Waals surface area contributed by atoms with E-state index < -0.39 is 11.1 Å². The molecule has 40 heavy (non-hydrogen) atoms. The molecule has 0 unspecified atom stereocenters. The molecule has 5 rings (SSSR count). The fourth-order valence-electron chi connectivity index (χ4n) is 4.92. The number of thioether (sulfide) groups is 1. The summed E-state index contributed by atoms with van der Waals surface area (Å²) < 4.78 is 12.8. The summed E-state index contributed by atoms with van der Waals surface area (Å²) in [5, 5.41) is 1.83. The van der Waals surface area contributed by atoms with Crippen LogP contribution in [0.3, 0.4) is 0 Å². The summed E-state index contributed by atoms with van der Waals surface area (Å²) in [6.45, 7) is 5.93. The zero-order valence-corrected chi connectivity index (χ0v) is 24.9. The highest BCUT2D eigenvalue weighted by Crippen LogP contribution is 2.40. The van der Waals surface area contributed by atoms with Gasteiger partial charge in [0.05, 0.1) is 16.0 Å². The van der Waals surface area contributed by atoms with Crippen molar-refractivity contribution in [3.63, 3.8) is 0 Å². The molecule has 7 nitrogen and oxygen atoms in total. The van der Waals surface area contributed by atoms with E-state index in [4.69, 9.17) is 9.47 Å². The Balaban J connectivity index is 1.32. The Morgan fingerprint density at radius 2 is 1.82 bits per heavy atom. The molecule has 2 heterocycles. The van der Waals surface area contributed by atoms with Crippen LogP contribution in [0.5, 0.6) is 11.5 Å². The molecule has 3 aromatic carbocycles. The lowest BCUT2D eigenvalue weighted by Gasteiger charge is -2.31. The second kappa shape index (κ2) is 12.5. The lowest BCUT2D eigenvalue weighted by molar-refractivity contribution is -0.136. The van der Waals surface area contributed by atoms with Crippen LogP contribution >= 0.6 is 27.7 Å². The molecule has 0 aliphatic carbocycles. The summed E-state index contributed by atoms with van der Waals surface area (Å²) in [5.41, 5.74) is 1.73. The number of halogens is 1. The van der Waals surface area contributed by atoms with Crippen LogP contribution in [0.2, 0.25) is 0 Å². The van der Waals surface area contributed by atoms with E-state index in [1.807, 2.05) is 37.3 Å². The number of ether oxygens (including phenoxy) is 2. The normalized spacial score (nSPS) is 17.2. The first kappa shape index (κ1) is 28.2. The Hall–Kier alpha value is -3.30. The average molecular weight is 624 g/mol. The third-order valence-electron chi connectivity index (χ3n) is 7.18. The average Bonchev–Trinajstić information content (AvgIpc) is 3.20. The van der Waals surface area contributed by atoms with Crippen molar-refractivity contribution in [2.75, 3.05) is 26.2 Å². The van der Waals surface area contributed by atoms with Crippen molar-refractivity contribution in [1.29, 1.82) is 0 Å². The maximum Gasteiger partial charge on any atom is 0.294 e. The lowest BCUT2D eigenvalue weighted by atomic mass is 9.99. The van der Waals surface area contributed by atoms with E-state index in [-0.39, 0.29) is 17.4 Å². The second-order valence-corrected chi connectivity index (χ2v) is 11.9. The third kappa shape index (κ3) is 6.20. The molecule has 0 radical (unpaired) electrons. The van der Waals surface area contributed by atoms with Gasteiger partial charge >= 0.3 is 0 Å². The highest BCUT2D eigenvalue weighted by Gasteiger charge is 2.37. The topological polar surface area (TPSA) is 76.2 Å². The highest BCUT2D eigenvalue weighted by atomic mass is 79.9. The van der Waals surface area contributed by atoms with Gasteiger partial charge in [0.2, 0.25) is 5.91 Å². The van der Waals surface area contributed by atoms with Gasteiger partial charge in [0.25, 0.3) is 11.1 Å². The molecular formula is C31H31BrN2O5S. The summed E-state index contributed by atoms with van der Waals surface area (Å²) in [7, 11) is 0. The van der Waals surface area contributed by atoms with Crippen LogP contribution in [0.15, 0.2) is 64.0 Å². The molecule has 2 aliphatic rings. The molecule has 9 heteroatoms. The molecule has 0 aromatic heterocycles. The van der Waals surface area contributed by atoms with Gasteiger partial charge in [-0.05, 0) is 93.5 Å². The fourth-order valence-corrected chi connectivity index (χ4v) is 6.34. The Labute approximate surface area is 246 Å². The van der Waals surface area contributed by atoms with E-state index in [9.17, 15) is 14.4 Å². The predicted octanol–water partition coefficient (Wildman–Crippen LogP) is 6.87. The predicted molar refractivity (Wildman–Crippen MR) is 161 cm³/mol. The molecule has 2 fully saturated rings. The van der Waals surface area contributed by atoms with Crippen molar-refractivity contribution in [3.05, 3.63) is 75.1 Å². The van der Waals surface area contributed by atoms with E-state index in [1.165, 1.54) is 0 Å². The molecule has 0 atom stereocenters. The molecule has 0 bridgehead atoms. The van der Waals surface area contributed by atoms with Gasteiger partial charge < -0.3 is 14.4 Å². The Morgan fingerprint density at radius 1 is 1.07 bits per heavy atom. The summed E-state index contributed by atoms with van der Waals surface area (Å²) >= 11 is 4.45. The fraction of sp³-hybridized carbons (Fsp3) is 0.323. The van der Waals surface area contributed by atoms with Gasteiger partial charge in [-0.2, -0.15) is 0 Å². The minimum atomic E-state index is -0.459. The summed E-state index contributed by atoms with van der Waals surface area (Å²) in [5.74, 6) is 1.02. The number of benzene rings is 3. The van der Waals surface area contributed by atoms with E-state index in [1.54, 1.807) is 17.0 Å². The first-order valence-electron chi connectivity index (χ1n) is 13.4. The van der Waals surface area contributed by atoms with Gasteiger partial charge in [-0.1, -0.05) is 49.4 Å². The van der Waals surface area contributed by atoms with Crippen LogP contribution in [0, 0.1) is 5.92 Å². The van der Waals surface area contributed by atoms with Crippen LogP contribution in [0.25, 0.3) is 16.8 Å². The third-order valence-corrected chi connectivity index (χ3v) is 8.68. The van der Waals surface area contributed by atoms with Gasteiger partial charge in [0.15, 0.2) is 11.5 Å². The number of carbonyl (C=O) groups is 3. The molecular weight excluding hydrogens is 592 g/mol. The van der Waals surface area contributed by atoms with Crippen molar-refractivity contribution in [1.82, 2.24) is 9.80 Å². The SMILES string of the molecule is CCOc1cc(/C=C2/SC(=O)N(CC(=O)N3CCC(C)CC3)C2=O)cc(Br)c1OCc1cccc2ccccc12. The molecule has 3 aromatic rings. The monoisotopic (exact) mass is 622 g/mol. The van der Waals surface area contributed by atoms with Crippen LogP contribution in [0.1, 0.15) is 37.8 Å². The Bertz CT molecular complexity index is 1480. The quantitative estimate of drug-likeness (QED) is 0.255. The summed E-state index contributed by atoms with van der Waals surface area (Å²) in [4.78, 5) is 41.6. The number of carbonyl (C=O) groups excluding carboxylic acids is 3. The number of hydrogen-bond donors (Lipinski definition) is 0. The van der Waals surface area contributed by atoms with Crippen molar-refractivity contribution < 1.29 is 23.9 Å². The maximum atomic E-state index is 13.1. The molecule has 2 aliphatic heterocycles. The zero-order valence-electron chi connectivity index (χ0n) is 22.5. The van der Waals surface area contributed by atoms with Crippen LogP contribution in [0.4, 0.5) is 4.79 Å². The molecule has 3 amide bonds. The van der Waals surface area contributed by atoms with Crippen LogP contribution in [-0.2, 0) is 16.2 Å². The number of imide groups is 1. The first-order valence-corrected chi connectivity index (χ1v) is 15.0. The zero-order chi connectivity index (χ0) is 28.2. The number of rotatable bonds is 8. The summed E-state index contributed by atoms with van der Waals surface area (Å²) in [6.07, 6.45) is 3.53. The lowest BCUT2D eigenvalue weighted by Crippen LogP contribution is -2.45. The highest BCUT2D eigenvalue weighted by molar-refractivity contribution is 9.10. The largest absolute Gasteiger partial charge is 0.490 e. The maximum absolute atomic E-state index is 13.1. The number of hydrogen-bond acceptors (Lipinski definition) is 6. The van der Waals surface area contributed by atoms with E-state index in [2.05, 4.69) is 41.1 Å². The Kier molecular flexibility index (Phi) is 8.81. The molecule has 2 saturated heterocycles. The van der Waals surface area contributed by atoms with E-state index >= 15 is 0 Å². The van der Waals surface area contributed by atoms with Crippen LogP contribution < -0.4 is 9.47 Å². The number of fused-ring (bicyclic) bond motifs is 1. The molecule has 0 N–H and O–H groups in total. The minimum absolute atomic E-state index is 0.190. The second-order valence-electron chi connectivity index (χ2n) is 10.0. The van der Waals surface area contributed by atoms with Crippen molar-refractivity contribution in [2.45, 2.75) is 33.3 Å². The summed E-state index contributed by atoms with van der Waals surface area (Å²) in [6, 6.07) is 17.9. The van der Waals surface area contributed by atoms with E-state index in [0.29, 0.717) is 53.8 Å². The number of amides is 3. The molecule has 0 saturated carbocycles. The van der Waals surface area contributed by atoms with Crippen molar-refractivity contribution >= 4 is 61.6 Å².